The number of hydrogen-bond donors (Lipinski definition) is 1. The maximum absolute atomic E-state index is 9.31. The van der Waals surface area contributed by atoms with Crippen molar-refractivity contribution < 1.29 is 0 Å². The van der Waals surface area contributed by atoms with Gasteiger partial charge in [0.25, 0.3) is 0 Å². The molecule has 0 saturated carbocycles. The predicted molar refractivity (Wildman–Crippen MR) is 68.3 cm³/mol. The Morgan fingerprint density at radius 1 is 1.25 bits per heavy atom. The van der Waals surface area contributed by atoms with Crippen LogP contribution in [0.4, 0.5) is 5.69 Å². The highest BCUT2D eigenvalue weighted by atomic mass is 15.0. The maximum atomic E-state index is 9.31. The lowest BCUT2D eigenvalue weighted by atomic mass is 9.92. The topological polar surface area (TPSA) is 35.8 Å². The molecule has 0 aliphatic heterocycles. The molecule has 1 aromatic carbocycles. The molecule has 0 heterocycles. The van der Waals surface area contributed by atoms with Gasteiger partial charge in [0, 0.05) is 5.69 Å². The number of benzene rings is 1. The van der Waals surface area contributed by atoms with Crippen LogP contribution in [0.2, 0.25) is 0 Å². The van der Waals surface area contributed by atoms with Gasteiger partial charge in [-0.15, -0.1) is 0 Å². The molecule has 1 rings (SSSR count). The molecule has 1 aromatic rings. The van der Waals surface area contributed by atoms with Crippen molar-refractivity contribution in [2.45, 2.75) is 45.6 Å². The third-order valence-corrected chi connectivity index (χ3v) is 2.93. The molecule has 0 spiro atoms. The molecule has 0 aliphatic carbocycles. The van der Waals surface area contributed by atoms with Gasteiger partial charge in [0.05, 0.1) is 6.07 Å². The molecule has 1 N–H and O–H groups in total. The summed E-state index contributed by atoms with van der Waals surface area (Å²) in [6.07, 6.45) is 2.72. The Morgan fingerprint density at radius 3 is 2.31 bits per heavy atom. The summed E-state index contributed by atoms with van der Waals surface area (Å²) >= 11 is 0. The highest BCUT2D eigenvalue weighted by Gasteiger charge is 2.26. The van der Waals surface area contributed by atoms with Crippen LogP contribution in [0.1, 0.15) is 38.7 Å². The lowest BCUT2D eigenvalue weighted by molar-refractivity contribution is 0.514. The van der Waals surface area contributed by atoms with Gasteiger partial charge in [0.2, 0.25) is 0 Å². The minimum absolute atomic E-state index is 0.413. The standard InChI is InChI=1S/C14H20N2/c1-4-10-14(5-2,11-15)16-13-8-6-12(3)7-9-13/h6-9,16H,4-5,10H2,1-3H3. The first-order valence-electron chi connectivity index (χ1n) is 5.92. The zero-order chi connectivity index (χ0) is 12.0. The van der Waals surface area contributed by atoms with E-state index in [1.165, 1.54) is 5.56 Å². The van der Waals surface area contributed by atoms with Gasteiger partial charge in [0.1, 0.15) is 5.54 Å². The number of nitriles is 1. The van der Waals surface area contributed by atoms with Crippen LogP contribution in [0.15, 0.2) is 24.3 Å². The van der Waals surface area contributed by atoms with Gasteiger partial charge in [0.15, 0.2) is 0 Å². The molecule has 1 atom stereocenters. The van der Waals surface area contributed by atoms with E-state index in [1.54, 1.807) is 0 Å². The van der Waals surface area contributed by atoms with E-state index in [0.29, 0.717) is 0 Å². The lowest BCUT2D eigenvalue weighted by Gasteiger charge is -2.27. The molecule has 0 radical (unpaired) electrons. The average Bonchev–Trinajstić information content (AvgIpc) is 2.31. The maximum Gasteiger partial charge on any atom is 0.125 e. The molecule has 1 unspecified atom stereocenters. The van der Waals surface area contributed by atoms with E-state index < -0.39 is 5.54 Å². The van der Waals surface area contributed by atoms with Crippen LogP contribution in [0.3, 0.4) is 0 Å². The summed E-state index contributed by atoms with van der Waals surface area (Å²) in [6.45, 7) is 6.23. The van der Waals surface area contributed by atoms with Gasteiger partial charge in [-0.25, -0.2) is 0 Å². The van der Waals surface area contributed by atoms with Crippen LogP contribution in [-0.4, -0.2) is 5.54 Å². The Balaban J connectivity index is 2.83. The van der Waals surface area contributed by atoms with E-state index in [4.69, 9.17) is 0 Å². The first-order valence-corrected chi connectivity index (χ1v) is 5.92. The molecule has 2 nitrogen and oxygen atoms in total. The van der Waals surface area contributed by atoms with Crippen LogP contribution in [0.5, 0.6) is 0 Å². The molecule has 0 bridgehead atoms. The van der Waals surface area contributed by atoms with Crippen molar-refractivity contribution in [3.05, 3.63) is 29.8 Å². The molecular formula is C14H20N2. The molecule has 0 saturated heterocycles. The van der Waals surface area contributed by atoms with Crippen LogP contribution < -0.4 is 5.32 Å². The Hall–Kier alpha value is -1.49. The fraction of sp³-hybridized carbons (Fsp3) is 0.500. The van der Waals surface area contributed by atoms with Crippen molar-refractivity contribution in [1.29, 1.82) is 5.26 Å². The van der Waals surface area contributed by atoms with E-state index in [9.17, 15) is 5.26 Å². The predicted octanol–water partition coefficient (Wildman–Crippen LogP) is 3.88. The molecule has 86 valence electrons. The average molecular weight is 216 g/mol. The fourth-order valence-corrected chi connectivity index (χ4v) is 1.83. The third-order valence-electron chi connectivity index (χ3n) is 2.93. The molecule has 2 heteroatoms. The third kappa shape index (κ3) is 3.00. The summed E-state index contributed by atoms with van der Waals surface area (Å²) in [5, 5.41) is 12.7. The van der Waals surface area contributed by atoms with Crippen molar-refractivity contribution in [2.75, 3.05) is 5.32 Å². The van der Waals surface area contributed by atoms with E-state index in [2.05, 4.69) is 44.3 Å². The Bertz CT molecular complexity index is 361. The van der Waals surface area contributed by atoms with Crippen molar-refractivity contribution in [2.24, 2.45) is 0 Å². The number of aryl methyl sites for hydroxylation is 1. The molecular weight excluding hydrogens is 196 g/mol. The van der Waals surface area contributed by atoms with E-state index in [1.807, 2.05) is 12.1 Å². The zero-order valence-electron chi connectivity index (χ0n) is 10.4. The quantitative estimate of drug-likeness (QED) is 0.810. The van der Waals surface area contributed by atoms with E-state index >= 15 is 0 Å². The summed E-state index contributed by atoms with van der Waals surface area (Å²) in [4.78, 5) is 0. The zero-order valence-corrected chi connectivity index (χ0v) is 10.4. The van der Waals surface area contributed by atoms with Crippen LogP contribution in [-0.2, 0) is 0 Å². The molecule has 0 aliphatic rings. The van der Waals surface area contributed by atoms with Gasteiger partial charge in [-0.3, -0.25) is 0 Å². The highest BCUT2D eigenvalue weighted by molar-refractivity contribution is 5.48. The second-order valence-electron chi connectivity index (χ2n) is 4.29. The van der Waals surface area contributed by atoms with Gasteiger partial charge < -0.3 is 5.32 Å². The second kappa shape index (κ2) is 5.55. The van der Waals surface area contributed by atoms with Crippen molar-refractivity contribution in [3.63, 3.8) is 0 Å². The van der Waals surface area contributed by atoms with Crippen LogP contribution >= 0.6 is 0 Å². The van der Waals surface area contributed by atoms with Gasteiger partial charge in [-0.1, -0.05) is 38.0 Å². The Kier molecular flexibility index (Phi) is 4.37. The summed E-state index contributed by atoms with van der Waals surface area (Å²) in [7, 11) is 0. The molecule has 0 amide bonds. The molecule has 16 heavy (non-hydrogen) atoms. The van der Waals surface area contributed by atoms with Gasteiger partial charge in [-0.05, 0) is 31.9 Å². The first-order chi connectivity index (χ1) is 7.65. The van der Waals surface area contributed by atoms with Crippen LogP contribution in [0, 0.1) is 18.3 Å². The number of hydrogen-bond acceptors (Lipinski definition) is 2. The van der Waals surface area contributed by atoms with Crippen molar-refractivity contribution in [1.82, 2.24) is 0 Å². The number of nitrogens with zero attached hydrogens (tertiary/aromatic N) is 1. The van der Waals surface area contributed by atoms with Crippen molar-refractivity contribution in [3.8, 4) is 6.07 Å². The van der Waals surface area contributed by atoms with E-state index in [-0.39, 0.29) is 0 Å². The highest BCUT2D eigenvalue weighted by Crippen LogP contribution is 2.23. The largest absolute Gasteiger partial charge is 0.367 e. The minimum Gasteiger partial charge on any atom is -0.367 e. The SMILES string of the molecule is CCCC(C#N)(CC)Nc1ccc(C)cc1. The van der Waals surface area contributed by atoms with Crippen LogP contribution in [0.25, 0.3) is 0 Å². The second-order valence-corrected chi connectivity index (χ2v) is 4.29. The molecule has 0 fully saturated rings. The number of rotatable bonds is 5. The monoisotopic (exact) mass is 216 g/mol. The number of anilines is 1. The summed E-state index contributed by atoms with van der Waals surface area (Å²) in [6, 6.07) is 10.6. The Morgan fingerprint density at radius 2 is 1.88 bits per heavy atom. The van der Waals surface area contributed by atoms with Gasteiger partial charge >= 0.3 is 0 Å². The smallest absolute Gasteiger partial charge is 0.125 e. The first kappa shape index (κ1) is 12.6. The Labute approximate surface area is 98.3 Å². The van der Waals surface area contributed by atoms with Crippen molar-refractivity contribution >= 4 is 5.69 Å². The summed E-state index contributed by atoms with van der Waals surface area (Å²) in [5.41, 5.74) is 1.85. The summed E-state index contributed by atoms with van der Waals surface area (Å²) in [5.74, 6) is 0. The van der Waals surface area contributed by atoms with Gasteiger partial charge in [-0.2, -0.15) is 5.26 Å². The summed E-state index contributed by atoms with van der Waals surface area (Å²) < 4.78 is 0. The molecule has 0 aromatic heterocycles. The van der Waals surface area contributed by atoms with E-state index in [0.717, 1.165) is 24.9 Å². The minimum atomic E-state index is -0.413. The number of nitrogens with one attached hydrogen (secondary N) is 1. The normalized spacial score (nSPS) is 13.9. The lowest BCUT2D eigenvalue weighted by Crippen LogP contribution is -2.35. The fourth-order valence-electron chi connectivity index (χ4n) is 1.83.